The van der Waals surface area contributed by atoms with E-state index in [4.69, 9.17) is 4.74 Å². The zero-order valence-corrected chi connectivity index (χ0v) is 13.8. The van der Waals surface area contributed by atoms with Gasteiger partial charge >= 0.3 is 0 Å². The maximum Gasteiger partial charge on any atom is 0.267 e. The Morgan fingerprint density at radius 2 is 2.00 bits per heavy atom. The number of hydrogen-bond acceptors (Lipinski definition) is 5. The summed E-state index contributed by atoms with van der Waals surface area (Å²) in [6, 6.07) is 11.5. The molecule has 5 nitrogen and oxygen atoms in total. The van der Waals surface area contributed by atoms with E-state index in [9.17, 15) is 4.79 Å². The van der Waals surface area contributed by atoms with Crippen LogP contribution in [0, 0.1) is 0 Å². The first kappa shape index (κ1) is 14.8. The van der Waals surface area contributed by atoms with Gasteiger partial charge in [-0.15, -0.1) is 11.3 Å². The highest BCUT2D eigenvalue weighted by atomic mass is 32.1. The summed E-state index contributed by atoms with van der Waals surface area (Å²) in [5, 5.41) is 5.54. The molecule has 0 radical (unpaired) electrons. The van der Waals surface area contributed by atoms with Crippen LogP contribution in [-0.2, 0) is 4.79 Å². The molecular formula is C18H15N3O2S. The molecule has 0 bridgehead atoms. The third-order valence-corrected chi connectivity index (χ3v) is 4.95. The smallest absolute Gasteiger partial charge is 0.267 e. The van der Waals surface area contributed by atoms with E-state index in [0.29, 0.717) is 5.82 Å². The molecule has 1 aromatic carbocycles. The molecule has 0 aliphatic carbocycles. The average Bonchev–Trinajstić information content (AvgIpc) is 3.21. The normalized spacial score (nSPS) is 18.7. The number of amides is 1. The minimum absolute atomic E-state index is 0.0134. The monoisotopic (exact) mass is 337 g/mol. The molecule has 1 N–H and O–H groups in total. The van der Waals surface area contributed by atoms with Crippen LogP contribution in [0.1, 0.15) is 18.4 Å². The Morgan fingerprint density at radius 1 is 1.21 bits per heavy atom. The number of ether oxygens (including phenoxy) is 1. The number of aromatic nitrogens is 2. The summed E-state index contributed by atoms with van der Waals surface area (Å²) in [6.45, 7) is 2.00. The van der Waals surface area contributed by atoms with Gasteiger partial charge in [0.25, 0.3) is 5.91 Å². The predicted octanol–water partition coefficient (Wildman–Crippen LogP) is 3.71. The Bertz CT molecular complexity index is 879. The van der Waals surface area contributed by atoms with Crippen molar-refractivity contribution in [3.8, 4) is 16.3 Å². The summed E-state index contributed by atoms with van der Waals surface area (Å²) in [4.78, 5) is 21.0. The Kier molecular flexibility index (Phi) is 3.74. The molecule has 0 fully saturated rings. The van der Waals surface area contributed by atoms with Gasteiger partial charge in [0.15, 0.2) is 6.10 Å². The molecule has 1 amide bonds. The first-order valence-corrected chi connectivity index (χ1v) is 8.53. The van der Waals surface area contributed by atoms with Crippen LogP contribution in [0.15, 0.2) is 54.2 Å². The summed E-state index contributed by atoms with van der Waals surface area (Å²) in [5.41, 5.74) is 2.04. The van der Waals surface area contributed by atoms with Crippen LogP contribution in [0.5, 0.6) is 5.75 Å². The van der Waals surface area contributed by atoms with Gasteiger partial charge in [-0.2, -0.15) is 0 Å². The fourth-order valence-corrected chi connectivity index (χ4v) is 3.56. The fraction of sp³-hybridized carbons (Fsp3) is 0.167. The zero-order valence-electron chi connectivity index (χ0n) is 13.0. The van der Waals surface area contributed by atoms with Gasteiger partial charge in [-0.05, 0) is 18.2 Å². The van der Waals surface area contributed by atoms with Crippen molar-refractivity contribution in [2.24, 2.45) is 0 Å². The van der Waals surface area contributed by atoms with E-state index in [0.717, 1.165) is 21.9 Å². The number of nitrogens with zero attached hydrogens (tertiary/aromatic N) is 2. The number of rotatable bonds is 3. The van der Waals surface area contributed by atoms with E-state index in [1.54, 1.807) is 12.4 Å². The molecule has 6 heteroatoms. The van der Waals surface area contributed by atoms with Gasteiger partial charge in [0, 0.05) is 34.8 Å². The van der Waals surface area contributed by atoms with Crippen molar-refractivity contribution < 1.29 is 9.53 Å². The summed E-state index contributed by atoms with van der Waals surface area (Å²) in [5.74, 6) is 1.16. The summed E-state index contributed by atoms with van der Waals surface area (Å²) >= 11 is 1.48. The van der Waals surface area contributed by atoms with Crippen molar-refractivity contribution in [2.75, 3.05) is 5.32 Å². The lowest BCUT2D eigenvalue weighted by Crippen LogP contribution is -2.33. The molecule has 3 aromatic rings. The Labute approximate surface area is 143 Å². The molecule has 0 unspecified atom stereocenters. The van der Waals surface area contributed by atoms with Gasteiger partial charge < -0.3 is 10.1 Å². The van der Waals surface area contributed by atoms with Crippen LogP contribution in [-0.4, -0.2) is 22.0 Å². The summed E-state index contributed by atoms with van der Waals surface area (Å²) < 4.78 is 5.80. The van der Waals surface area contributed by atoms with Crippen LogP contribution in [0.25, 0.3) is 10.6 Å². The van der Waals surface area contributed by atoms with Gasteiger partial charge in [0.1, 0.15) is 16.6 Å². The lowest BCUT2D eigenvalue weighted by atomic mass is 9.97. The molecule has 0 saturated heterocycles. The average molecular weight is 337 g/mol. The number of para-hydroxylation sites is 1. The zero-order chi connectivity index (χ0) is 16.5. The second-order valence-corrected chi connectivity index (χ2v) is 6.49. The van der Waals surface area contributed by atoms with E-state index in [2.05, 4.69) is 15.3 Å². The van der Waals surface area contributed by atoms with Crippen LogP contribution in [0.4, 0.5) is 5.82 Å². The second-order valence-electron chi connectivity index (χ2n) is 5.63. The SMILES string of the molecule is C[C@H]1c2ccccc2O[C@@H]1C(=O)Nc1csc(-c2ccncc2)n1. The molecule has 1 aliphatic rings. The lowest BCUT2D eigenvalue weighted by molar-refractivity contribution is -0.122. The molecule has 1 aliphatic heterocycles. The van der Waals surface area contributed by atoms with E-state index >= 15 is 0 Å². The quantitative estimate of drug-likeness (QED) is 0.791. The first-order valence-electron chi connectivity index (χ1n) is 7.65. The molecule has 120 valence electrons. The molecule has 0 saturated carbocycles. The predicted molar refractivity (Wildman–Crippen MR) is 93.2 cm³/mol. The van der Waals surface area contributed by atoms with Gasteiger partial charge in [-0.1, -0.05) is 25.1 Å². The summed E-state index contributed by atoms with van der Waals surface area (Å²) in [6.07, 6.45) is 2.91. The van der Waals surface area contributed by atoms with Crippen LogP contribution in [0.3, 0.4) is 0 Å². The summed E-state index contributed by atoms with van der Waals surface area (Å²) in [7, 11) is 0. The molecule has 3 heterocycles. The van der Waals surface area contributed by atoms with Crippen LogP contribution < -0.4 is 10.1 Å². The largest absolute Gasteiger partial charge is 0.480 e. The van der Waals surface area contributed by atoms with Gasteiger partial charge in [-0.25, -0.2) is 4.98 Å². The molecule has 0 spiro atoms. The van der Waals surface area contributed by atoms with Crippen molar-refractivity contribution >= 4 is 23.1 Å². The van der Waals surface area contributed by atoms with Crippen molar-refractivity contribution in [3.63, 3.8) is 0 Å². The molecule has 2 atom stereocenters. The number of benzene rings is 1. The molecular weight excluding hydrogens is 322 g/mol. The number of fused-ring (bicyclic) bond motifs is 1. The van der Waals surface area contributed by atoms with Crippen molar-refractivity contribution in [2.45, 2.75) is 18.9 Å². The third kappa shape index (κ3) is 2.65. The maximum absolute atomic E-state index is 12.6. The van der Waals surface area contributed by atoms with E-state index in [1.807, 2.05) is 48.7 Å². The number of nitrogens with one attached hydrogen (secondary N) is 1. The minimum Gasteiger partial charge on any atom is -0.480 e. The topological polar surface area (TPSA) is 64.1 Å². The second kappa shape index (κ2) is 6.05. The maximum atomic E-state index is 12.6. The third-order valence-electron chi connectivity index (χ3n) is 4.06. The highest BCUT2D eigenvalue weighted by molar-refractivity contribution is 7.13. The van der Waals surface area contributed by atoms with Gasteiger partial charge in [-0.3, -0.25) is 9.78 Å². The number of anilines is 1. The van der Waals surface area contributed by atoms with Crippen molar-refractivity contribution in [3.05, 3.63) is 59.7 Å². The van der Waals surface area contributed by atoms with E-state index in [-0.39, 0.29) is 11.8 Å². The Morgan fingerprint density at radius 3 is 2.79 bits per heavy atom. The number of thiazole rings is 1. The highest BCUT2D eigenvalue weighted by Crippen LogP contribution is 2.38. The Hall–Kier alpha value is -2.73. The van der Waals surface area contributed by atoms with E-state index in [1.165, 1.54) is 11.3 Å². The number of carbonyl (C=O) groups excluding carboxylic acids is 1. The Balaban J connectivity index is 1.49. The lowest BCUT2D eigenvalue weighted by Gasteiger charge is -2.14. The minimum atomic E-state index is -0.534. The molecule has 2 aromatic heterocycles. The molecule has 4 rings (SSSR count). The molecule has 24 heavy (non-hydrogen) atoms. The highest BCUT2D eigenvalue weighted by Gasteiger charge is 2.36. The van der Waals surface area contributed by atoms with Crippen LogP contribution in [0.2, 0.25) is 0 Å². The number of pyridine rings is 1. The van der Waals surface area contributed by atoms with Crippen molar-refractivity contribution in [1.29, 1.82) is 0 Å². The standard InChI is InChI=1S/C18H15N3O2S/c1-11-13-4-2-3-5-14(13)23-16(11)17(22)20-15-10-24-18(21-15)12-6-8-19-9-7-12/h2-11,16H,1H3,(H,20,22)/t11-,16-/m0/s1. The van der Waals surface area contributed by atoms with Crippen molar-refractivity contribution in [1.82, 2.24) is 9.97 Å². The van der Waals surface area contributed by atoms with E-state index < -0.39 is 6.10 Å². The van der Waals surface area contributed by atoms with Gasteiger partial charge in [0.05, 0.1) is 0 Å². The number of hydrogen-bond donors (Lipinski definition) is 1. The van der Waals surface area contributed by atoms with Crippen LogP contribution >= 0.6 is 11.3 Å². The van der Waals surface area contributed by atoms with Gasteiger partial charge in [0.2, 0.25) is 0 Å². The first-order chi connectivity index (χ1) is 11.7. The number of carbonyl (C=O) groups is 1. The fourth-order valence-electron chi connectivity index (χ4n) is 2.80.